The maximum Gasteiger partial charge on any atom is 0.303 e. The second-order valence-electron chi connectivity index (χ2n) is 12.8. The highest BCUT2D eigenvalue weighted by Crippen LogP contribution is 2.15. The molecule has 0 saturated carbocycles. The number of rotatable bonds is 32. The highest BCUT2D eigenvalue weighted by atomic mass is 16.4. The van der Waals surface area contributed by atoms with Crippen LogP contribution in [0.25, 0.3) is 0 Å². The molecule has 0 heterocycles. The van der Waals surface area contributed by atoms with Crippen LogP contribution in [-0.2, 0) is 4.79 Å². The van der Waals surface area contributed by atoms with Crippen LogP contribution in [0.1, 0.15) is 220 Å². The van der Waals surface area contributed by atoms with Crippen molar-refractivity contribution < 1.29 is 20.1 Å². The summed E-state index contributed by atoms with van der Waals surface area (Å²) in [6.45, 7) is 6.20. The lowest BCUT2D eigenvalue weighted by atomic mass is 10.0. The predicted molar refractivity (Wildman–Crippen MR) is 180 cm³/mol. The van der Waals surface area contributed by atoms with Crippen LogP contribution in [0.5, 0.6) is 0 Å². The minimum atomic E-state index is -0.653. The molecule has 41 heavy (non-hydrogen) atoms. The Labute approximate surface area is 257 Å². The van der Waals surface area contributed by atoms with Crippen molar-refractivity contribution in [2.45, 2.75) is 232 Å². The molecule has 0 spiro atoms. The normalized spacial score (nSPS) is 12.6. The summed E-state index contributed by atoms with van der Waals surface area (Å²) in [5, 5.41) is 27.2. The van der Waals surface area contributed by atoms with Crippen LogP contribution in [0.2, 0.25) is 0 Å². The molecule has 0 saturated heterocycles. The van der Waals surface area contributed by atoms with Crippen LogP contribution in [0.4, 0.5) is 0 Å². The first kappa shape index (κ1) is 42.5. The summed E-state index contributed by atoms with van der Waals surface area (Å²) >= 11 is 0. The smallest absolute Gasteiger partial charge is 0.303 e. The average Bonchev–Trinajstić information content (AvgIpc) is 2.95. The van der Waals surface area contributed by atoms with E-state index < -0.39 is 18.2 Å². The third-order valence-electron chi connectivity index (χ3n) is 8.40. The van der Waals surface area contributed by atoms with Gasteiger partial charge in [0.15, 0.2) is 0 Å². The van der Waals surface area contributed by atoms with Crippen molar-refractivity contribution in [2.75, 3.05) is 0 Å². The lowest BCUT2D eigenvalue weighted by Gasteiger charge is -2.12. The van der Waals surface area contributed by atoms with Gasteiger partial charge in [-0.2, -0.15) is 0 Å². The van der Waals surface area contributed by atoms with Crippen LogP contribution in [0.3, 0.4) is 0 Å². The first-order valence-corrected chi connectivity index (χ1v) is 18.5. The van der Waals surface area contributed by atoms with Crippen molar-refractivity contribution in [3.8, 4) is 0 Å². The van der Waals surface area contributed by atoms with Gasteiger partial charge in [-0.1, -0.05) is 194 Å². The van der Waals surface area contributed by atoms with E-state index >= 15 is 0 Å². The highest BCUT2D eigenvalue weighted by Gasteiger charge is 2.09. The Bertz CT molecular complexity index is 480. The van der Waals surface area contributed by atoms with E-state index in [-0.39, 0.29) is 0 Å². The summed E-state index contributed by atoms with van der Waals surface area (Å²) in [6.07, 6.45) is 38.8. The fourth-order valence-electron chi connectivity index (χ4n) is 5.44. The molecule has 2 atom stereocenters. The molecule has 0 fully saturated rings. The molecule has 0 radical (unpaired) electrons. The number of carboxylic acids is 1. The van der Waals surface area contributed by atoms with Crippen molar-refractivity contribution in [2.24, 2.45) is 0 Å². The predicted octanol–water partition coefficient (Wildman–Crippen LogP) is 11.9. The summed E-state index contributed by atoms with van der Waals surface area (Å²) in [4.78, 5) is 10.3. The Morgan fingerprint density at radius 2 is 0.683 bits per heavy atom. The standard InChI is InChI=1S/C19H40O2.C18H36O2/c1-3-4-5-6-7-8-9-10-11-12-13-14-15-16-17-19(21)18(2)20;1-2-3-4-5-6-7-8-9-10-11-12-13-14-15-16-17-18(19)20/h18-21H,3-17H2,1-2H3;2-17H2,1H3,(H,19,20). The quantitative estimate of drug-likeness (QED) is 0.0687. The van der Waals surface area contributed by atoms with E-state index in [1.165, 1.54) is 167 Å². The lowest BCUT2D eigenvalue weighted by Crippen LogP contribution is -2.21. The summed E-state index contributed by atoms with van der Waals surface area (Å²) < 4.78 is 0. The van der Waals surface area contributed by atoms with Gasteiger partial charge in [0.2, 0.25) is 0 Å². The zero-order valence-electron chi connectivity index (χ0n) is 28.3. The average molecular weight is 585 g/mol. The molecule has 2 unspecified atom stereocenters. The number of carbonyl (C=O) groups is 1. The monoisotopic (exact) mass is 585 g/mol. The van der Waals surface area contributed by atoms with E-state index in [0.717, 1.165) is 25.7 Å². The molecule has 0 rings (SSSR count). The van der Waals surface area contributed by atoms with Gasteiger partial charge in [-0.25, -0.2) is 0 Å². The highest BCUT2D eigenvalue weighted by molar-refractivity contribution is 5.66. The number of carboxylic acid groups (broad SMARTS) is 1. The molecule has 4 nitrogen and oxygen atoms in total. The summed E-state index contributed by atoms with van der Waals surface area (Å²) in [7, 11) is 0. The zero-order chi connectivity index (χ0) is 30.7. The minimum Gasteiger partial charge on any atom is -0.481 e. The number of unbranched alkanes of at least 4 members (excludes halogenated alkanes) is 27. The number of hydrogen-bond acceptors (Lipinski definition) is 3. The molecule has 0 aromatic carbocycles. The Morgan fingerprint density at radius 3 is 0.927 bits per heavy atom. The summed E-state index contributed by atoms with van der Waals surface area (Å²) in [5.41, 5.74) is 0. The van der Waals surface area contributed by atoms with E-state index in [9.17, 15) is 15.0 Å². The Hall–Kier alpha value is -0.610. The molecule has 0 aromatic rings. The molecular weight excluding hydrogens is 508 g/mol. The van der Waals surface area contributed by atoms with E-state index in [2.05, 4.69) is 13.8 Å². The van der Waals surface area contributed by atoms with Crippen molar-refractivity contribution in [1.29, 1.82) is 0 Å². The molecule has 248 valence electrons. The van der Waals surface area contributed by atoms with Crippen molar-refractivity contribution in [3.05, 3.63) is 0 Å². The van der Waals surface area contributed by atoms with Gasteiger partial charge in [-0.05, 0) is 19.8 Å². The minimum absolute atomic E-state index is 0.345. The SMILES string of the molecule is CCCCCCCCCCCCCCCCC(O)C(C)O.CCCCCCCCCCCCCCCCCC(=O)O. The van der Waals surface area contributed by atoms with Crippen molar-refractivity contribution in [1.82, 2.24) is 0 Å². The Balaban J connectivity index is 0. The first-order chi connectivity index (χ1) is 20.0. The van der Waals surface area contributed by atoms with Gasteiger partial charge in [0, 0.05) is 6.42 Å². The second kappa shape index (κ2) is 37.4. The maximum atomic E-state index is 10.3. The molecule has 0 aliphatic heterocycles. The topological polar surface area (TPSA) is 77.8 Å². The molecular formula is C37H76O4. The third kappa shape index (κ3) is 41.6. The zero-order valence-corrected chi connectivity index (χ0v) is 28.3. The van der Waals surface area contributed by atoms with E-state index in [4.69, 9.17) is 5.11 Å². The summed E-state index contributed by atoms with van der Waals surface area (Å²) in [6, 6.07) is 0. The molecule has 0 amide bonds. The lowest BCUT2D eigenvalue weighted by molar-refractivity contribution is -0.137. The van der Waals surface area contributed by atoms with Gasteiger partial charge < -0.3 is 15.3 Å². The molecule has 0 aliphatic carbocycles. The number of hydrogen-bond donors (Lipinski definition) is 3. The van der Waals surface area contributed by atoms with Gasteiger partial charge in [-0.15, -0.1) is 0 Å². The number of aliphatic hydroxyl groups is 2. The van der Waals surface area contributed by atoms with Gasteiger partial charge >= 0.3 is 5.97 Å². The van der Waals surface area contributed by atoms with E-state index in [1.807, 2.05) is 0 Å². The van der Waals surface area contributed by atoms with Gasteiger partial charge in [0.05, 0.1) is 12.2 Å². The Kier molecular flexibility index (Phi) is 38.8. The van der Waals surface area contributed by atoms with Crippen LogP contribution >= 0.6 is 0 Å². The van der Waals surface area contributed by atoms with Crippen molar-refractivity contribution in [3.63, 3.8) is 0 Å². The first-order valence-electron chi connectivity index (χ1n) is 18.5. The van der Waals surface area contributed by atoms with Crippen molar-refractivity contribution >= 4 is 5.97 Å². The van der Waals surface area contributed by atoms with Crippen LogP contribution in [0.15, 0.2) is 0 Å². The number of aliphatic hydroxyl groups excluding tert-OH is 2. The second-order valence-corrected chi connectivity index (χ2v) is 12.8. The molecule has 3 N–H and O–H groups in total. The largest absolute Gasteiger partial charge is 0.481 e. The third-order valence-corrected chi connectivity index (χ3v) is 8.40. The van der Waals surface area contributed by atoms with Gasteiger partial charge in [-0.3, -0.25) is 4.79 Å². The summed E-state index contributed by atoms with van der Waals surface area (Å²) in [5.74, 6) is -0.653. The fourth-order valence-corrected chi connectivity index (χ4v) is 5.44. The molecule has 4 heteroatoms. The fraction of sp³-hybridized carbons (Fsp3) is 0.973. The number of aliphatic carboxylic acids is 1. The van der Waals surface area contributed by atoms with E-state index in [1.54, 1.807) is 6.92 Å². The van der Waals surface area contributed by atoms with Crippen LogP contribution in [0, 0.1) is 0 Å². The molecule has 0 bridgehead atoms. The maximum absolute atomic E-state index is 10.3. The molecule has 0 aromatic heterocycles. The Morgan fingerprint density at radius 1 is 0.439 bits per heavy atom. The molecule has 0 aliphatic rings. The van der Waals surface area contributed by atoms with E-state index in [0.29, 0.717) is 6.42 Å². The van der Waals surface area contributed by atoms with Crippen LogP contribution < -0.4 is 0 Å². The van der Waals surface area contributed by atoms with Crippen LogP contribution in [-0.4, -0.2) is 33.5 Å². The van der Waals surface area contributed by atoms with Gasteiger partial charge in [0.25, 0.3) is 0 Å². The van der Waals surface area contributed by atoms with Gasteiger partial charge in [0.1, 0.15) is 0 Å².